The molecule has 3 aromatic heterocycles. The molecule has 0 unspecified atom stereocenters. The Morgan fingerprint density at radius 3 is 2.39 bits per heavy atom. The zero-order valence-electron chi connectivity index (χ0n) is 19.4. The number of rotatable bonds is 8. The number of nitrogens with one attached hydrogen (secondary N) is 1. The first-order valence-corrected chi connectivity index (χ1v) is 12.2. The van der Waals surface area contributed by atoms with Gasteiger partial charge in [0.05, 0.1) is 23.3 Å². The van der Waals surface area contributed by atoms with E-state index in [1.807, 2.05) is 90.5 Å². The van der Waals surface area contributed by atoms with Gasteiger partial charge in [0, 0.05) is 35.4 Å². The summed E-state index contributed by atoms with van der Waals surface area (Å²) < 4.78 is 3.71. The number of pyridine rings is 1. The summed E-state index contributed by atoms with van der Waals surface area (Å²) in [7, 11) is 0. The number of benzene rings is 2. The molecular formula is C26H22N8OS. The van der Waals surface area contributed by atoms with E-state index < -0.39 is 0 Å². The number of carbonyl (C=O) groups excluding carboxylic acids is 1. The molecule has 178 valence electrons. The molecular weight excluding hydrogens is 472 g/mol. The fourth-order valence-electron chi connectivity index (χ4n) is 3.51. The normalized spacial score (nSPS) is 11.1. The first-order valence-electron chi connectivity index (χ1n) is 11.2. The lowest BCUT2D eigenvalue weighted by Crippen LogP contribution is -2.20. The van der Waals surface area contributed by atoms with E-state index in [9.17, 15) is 4.79 Å². The average molecular weight is 495 g/mol. The Morgan fingerprint density at radius 1 is 0.972 bits per heavy atom. The molecule has 0 aliphatic rings. The van der Waals surface area contributed by atoms with Crippen molar-refractivity contribution in [2.75, 3.05) is 5.75 Å². The molecule has 0 atom stereocenters. The number of carbonyl (C=O) groups is 1. The standard InChI is InChI=1S/C26H22N8OS/c1-19-21(17-33(32-19)22-8-4-2-5-9-22)16-28-29-24(35)18-36-26-31-30-25(20-12-14-27-15-13-20)34(26)23-10-6-3-7-11-23/h2-17H,18H2,1H3,(H,29,35)/b28-16+. The minimum Gasteiger partial charge on any atom is -0.272 e. The van der Waals surface area contributed by atoms with E-state index in [0.29, 0.717) is 11.0 Å². The van der Waals surface area contributed by atoms with Gasteiger partial charge in [0.15, 0.2) is 11.0 Å². The van der Waals surface area contributed by atoms with Gasteiger partial charge in [-0.15, -0.1) is 10.2 Å². The van der Waals surface area contributed by atoms with Crippen molar-refractivity contribution in [2.24, 2.45) is 5.10 Å². The Kier molecular flexibility index (Phi) is 6.95. The van der Waals surface area contributed by atoms with Crippen LogP contribution in [0.5, 0.6) is 0 Å². The Balaban J connectivity index is 1.26. The highest BCUT2D eigenvalue weighted by atomic mass is 32.2. The van der Waals surface area contributed by atoms with Crippen LogP contribution in [0.15, 0.2) is 102 Å². The number of para-hydroxylation sites is 2. The van der Waals surface area contributed by atoms with Gasteiger partial charge in [-0.05, 0) is 43.3 Å². The maximum Gasteiger partial charge on any atom is 0.250 e. The maximum atomic E-state index is 12.5. The van der Waals surface area contributed by atoms with Gasteiger partial charge in [0.1, 0.15) is 0 Å². The van der Waals surface area contributed by atoms with Crippen LogP contribution in [0.1, 0.15) is 11.3 Å². The summed E-state index contributed by atoms with van der Waals surface area (Å²) in [5.74, 6) is 0.550. The molecule has 0 aliphatic carbocycles. The Labute approximate surface area is 211 Å². The fourth-order valence-corrected chi connectivity index (χ4v) is 4.25. The molecule has 9 nitrogen and oxygen atoms in total. The van der Waals surface area contributed by atoms with Crippen LogP contribution >= 0.6 is 11.8 Å². The highest BCUT2D eigenvalue weighted by Crippen LogP contribution is 2.27. The Bertz CT molecular complexity index is 1480. The largest absolute Gasteiger partial charge is 0.272 e. The minimum atomic E-state index is -0.252. The molecule has 0 spiro atoms. The number of nitrogens with zero attached hydrogens (tertiary/aromatic N) is 7. The van der Waals surface area contributed by atoms with E-state index in [-0.39, 0.29) is 11.7 Å². The van der Waals surface area contributed by atoms with Crippen molar-refractivity contribution >= 4 is 23.9 Å². The van der Waals surface area contributed by atoms with Crippen molar-refractivity contribution in [1.29, 1.82) is 0 Å². The van der Waals surface area contributed by atoms with Gasteiger partial charge < -0.3 is 0 Å². The smallest absolute Gasteiger partial charge is 0.250 e. The van der Waals surface area contributed by atoms with Crippen LogP contribution in [-0.4, -0.2) is 47.4 Å². The molecule has 0 saturated heterocycles. The van der Waals surface area contributed by atoms with Gasteiger partial charge in [-0.2, -0.15) is 10.2 Å². The SMILES string of the molecule is Cc1nn(-c2ccccc2)cc1/C=N/NC(=O)CSc1nnc(-c2ccncc2)n1-c1ccccc1. The third kappa shape index (κ3) is 5.23. The van der Waals surface area contributed by atoms with Crippen LogP contribution in [-0.2, 0) is 4.79 Å². The average Bonchev–Trinajstić information content (AvgIpc) is 3.52. The molecule has 0 radical (unpaired) electrons. The molecule has 5 aromatic rings. The maximum absolute atomic E-state index is 12.5. The summed E-state index contributed by atoms with van der Waals surface area (Å²) in [6, 6.07) is 23.4. The molecule has 36 heavy (non-hydrogen) atoms. The number of aromatic nitrogens is 6. The molecule has 2 aromatic carbocycles. The first kappa shape index (κ1) is 23.2. The lowest BCUT2D eigenvalue weighted by molar-refractivity contribution is -0.118. The lowest BCUT2D eigenvalue weighted by atomic mass is 10.2. The van der Waals surface area contributed by atoms with Gasteiger partial charge in [-0.1, -0.05) is 48.2 Å². The Morgan fingerprint density at radius 2 is 1.67 bits per heavy atom. The van der Waals surface area contributed by atoms with Gasteiger partial charge in [-0.25, -0.2) is 10.1 Å². The number of aryl methyl sites for hydroxylation is 1. The monoisotopic (exact) mass is 494 g/mol. The second kappa shape index (κ2) is 10.8. The molecule has 1 N–H and O–H groups in total. The fraction of sp³-hybridized carbons (Fsp3) is 0.0769. The zero-order valence-corrected chi connectivity index (χ0v) is 20.2. The van der Waals surface area contributed by atoms with E-state index >= 15 is 0 Å². The summed E-state index contributed by atoms with van der Waals surface area (Å²) in [5.41, 5.74) is 6.95. The predicted molar refractivity (Wildman–Crippen MR) is 139 cm³/mol. The Hall–Kier alpha value is -4.57. The summed E-state index contributed by atoms with van der Waals surface area (Å²) in [6.45, 7) is 1.90. The quantitative estimate of drug-likeness (QED) is 0.198. The van der Waals surface area contributed by atoms with E-state index in [1.54, 1.807) is 23.3 Å². The molecule has 0 fully saturated rings. The van der Waals surface area contributed by atoms with Crippen LogP contribution < -0.4 is 5.43 Å². The van der Waals surface area contributed by atoms with Crippen LogP contribution in [0.4, 0.5) is 0 Å². The van der Waals surface area contributed by atoms with E-state index in [1.165, 1.54) is 11.8 Å². The number of amides is 1. The molecule has 5 rings (SSSR count). The zero-order chi connectivity index (χ0) is 24.7. The number of hydrogen-bond acceptors (Lipinski definition) is 7. The first-order chi connectivity index (χ1) is 17.7. The summed E-state index contributed by atoms with van der Waals surface area (Å²) in [6.07, 6.45) is 6.89. The van der Waals surface area contributed by atoms with Crippen LogP contribution in [0.25, 0.3) is 22.8 Å². The van der Waals surface area contributed by atoms with E-state index in [4.69, 9.17) is 0 Å². The van der Waals surface area contributed by atoms with Crippen LogP contribution in [0, 0.1) is 6.92 Å². The molecule has 1 amide bonds. The second-order valence-corrected chi connectivity index (χ2v) is 8.69. The number of hydrogen-bond donors (Lipinski definition) is 1. The van der Waals surface area contributed by atoms with Crippen molar-refractivity contribution in [1.82, 2.24) is 35.0 Å². The third-order valence-corrected chi connectivity index (χ3v) is 6.20. The van der Waals surface area contributed by atoms with E-state index in [2.05, 4.69) is 30.8 Å². The molecule has 0 aliphatic heterocycles. The highest BCUT2D eigenvalue weighted by Gasteiger charge is 2.17. The third-order valence-electron chi connectivity index (χ3n) is 5.27. The minimum absolute atomic E-state index is 0.126. The molecule has 0 saturated carbocycles. The molecule has 3 heterocycles. The molecule has 10 heteroatoms. The van der Waals surface area contributed by atoms with Crippen LogP contribution in [0.2, 0.25) is 0 Å². The second-order valence-electron chi connectivity index (χ2n) is 7.74. The van der Waals surface area contributed by atoms with Gasteiger partial charge >= 0.3 is 0 Å². The molecule has 0 bridgehead atoms. The van der Waals surface area contributed by atoms with Gasteiger partial charge in [0.25, 0.3) is 5.91 Å². The van der Waals surface area contributed by atoms with Gasteiger partial charge in [-0.3, -0.25) is 14.3 Å². The number of thioether (sulfide) groups is 1. The van der Waals surface area contributed by atoms with Crippen molar-refractivity contribution in [3.05, 3.63) is 103 Å². The summed E-state index contributed by atoms with van der Waals surface area (Å²) in [4.78, 5) is 16.6. The van der Waals surface area contributed by atoms with Crippen molar-refractivity contribution in [3.8, 4) is 22.8 Å². The highest BCUT2D eigenvalue weighted by molar-refractivity contribution is 7.99. The van der Waals surface area contributed by atoms with Gasteiger partial charge in [0.2, 0.25) is 0 Å². The van der Waals surface area contributed by atoms with Crippen molar-refractivity contribution in [2.45, 2.75) is 12.1 Å². The summed E-state index contributed by atoms with van der Waals surface area (Å²) >= 11 is 1.29. The predicted octanol–water partition coefficient (Wildman–Crippen LogP) is 4.07. The van der Waals surface area contributed by atoms with Crippen LogP contribution in [0.3, 0.4) is 0 Å². The number of hydrazone groups is 1. The van der Waals surface area contributed by atoms with Crippen molar-refractivity contribution in [3.63, 3.8) is 0 Å². The van der Waals surface area contributed by atoms with E-state index in [0.717, 1.165) is 28.2 Å². The summed E-state index contributed by atoms with van der Waals surface area (Å²) in [5, 5.41) is 17.9. The lowest BCUT2D eigenvalue weighted by Gasteiger charge is -2.10. The topological polar surface area (TPSA) is 103 Å². The van der Waals surface area contributed by atoms with Crippen molar-refractivity contribution < 1.29 is 4.79 Å².